The van der Waals surface area contributed by atoms with Crippen molar-refractivity contribution in [2.75, 3.05) is 0 Å². The lowest BCUT2D eigenvalue weighted by molar-refractivity contribution is -0.132. The summed E-state index contributed by atoms with van der Waals surface area (Å²) in [4.78, 5) is 20.0. The predicted octanol–water partition coefficient (Wildman–Crippen LogP) is 7.86. The lowest BCUT2D eigenvalue weighted by atomic mass is 10.1. The third-order valence-corrected chi connectivity index (χ3v) is 10.6. The second-order valence-corrected chi connectivity index (χ2v) is 11.6. The number of hydrogen-bond donors (Lipinski definition) is 1. The first-order valence-corrected chi connectivity index (χ1v) is 13.0. The standard InChI is InChI=1S/C24H17NO2S4/c1-12-7-8-28-21(12)17-5-6-18(29-17)22-13(2)9-19(30-22)20-10-14-3-4-15(23(14)31-20)16(11-25)24(26)27/h5-10H,3-4H2,1-2H3,(H,26,27)/b16-15+. The molecule has 4 heterocycles. The van der Waals surface area contributed by atoms with Gasteiger partial charge in [-0.3, -0.25) is 0 Å². The Labute approximate surface area is 196 Å². The molecule has 0 saturated heterocycles. The van der Waals surface area contributed by atoms with Crippen molar-refractivity contribution >= 4 is 56.9 Å². The molecule has 0 unspecified atom stereocenters. The molecule has 0 amide bonds. The Balaban J connectivity index is 1.51. The van der Waals surface area contributed by atoms with Crippen LogP contribution in [0.25, 0.3) is 34.8 Å². The molecular formula is C24H17NO2S4. The van der Waals surface area contributed by atoms with E-state index in [0.717, 1.165) is 21.7 Å². The van der Waals surface area contributed by atoms with Gasteiger partial charge in [-0.15, -0.1) is 45.3 Å². The molecule has 1 N–H and O–H groups in total. The molecule has 0 radical (unpaired) electrons. The summed E-state index contributed by atoms with van der Waals surface area (Å²) in [5, 5.41) is 20.8. The van der Waals surface area contributed by atoms with Crippen molar-refractivity contribution in [3.63, 3.8) is 0 Å². The predicted molar refractivity (Wildman–Crippen MR) is 132 cm³/mol. The van der Waals surface area contributed by atoms with Crippen molar-refractivity contribution in [1.82, 2.24) is 0 Å². The first kappa shape index (κ1) is 20.4. The molecule has 0 aromatic carbocycles. The minimum atomic E-state index is -1.14. The molecule has 0 bridgehead atoms. The molecule has 31 heavy (non-hydrogen) atoms. The van der Waals surface area contributed by atoms with Gasteiger partial charge in [-0.05, 0) is 84.7 Å². The zero-order valence-corrected chi connectivity index (χ0v) is 20.1. The normalized spacial score (nSPS) is 14.5. The Hall–Kier alpha value is -2.50. The summed E-state index contributed by atoms with van der Waals surface area (Å²) in [6.45, 7) is 4.30. The molecular weight excluding hydrogens is 463 g/mol. The zero-order valence-electron chi connectivity index (χ0n) is 16.8. The fraction of sp³-hybridized carbons (Fsp3) is 0.167. The minimum Gasteiger partial charge on any atom is -0.477 e. The van der Waals surface area contributed by atoms with Crippen molar-refractivity contribution in [1.29, 1.82) is 5.26 Å². The van der Waals surface area contributed by atoms with Crippen molar-refractivity contribution in [2.24, 2.45) is 0 Å². The molecule has 0 saturated carbocycles. The number of carboxylic acids is 1. The largest absolute Gasteiger partial charge is 0.477 e. The SMILES string of the molecule is Cc1ccsc1-c1ccc(-c2sc(-c3cc4c(s3)/C(=C(\C#N)C(=O)O)CC4)cc2C)s1. The third kappa shape index (κ3) is 3.50. The second kappa shape index (κ2) is 7.88. The Morgan fingerprint density at radius 1 is 0.903 bits per heavy atom. The van der Waals surface area contributed by atoms with E-state index >= 15 is 0 Å². The molecule has 0 aliphatic heterocycles. The number of rotatable bonds is 4. The van der Waals surface area contributed by atoms with E-state index in [1.807, 2.05) is 17.4 Å². The summed E-state index contributed by atoms with van der Waals surface area (Å²) in [5.74, 6) is -1.14. The van der Waals surface area contributed by atoms with Crippen molar-refractivity contribution in [2.45, 2.75) is 26.7 Å². The van der Waals surface area contributed by atoms with E-state index in [4.69, 9.17) is 0 Å². The van der Waals surface area contributed by atoms with Gasteiger partial charge in [0.1, 0.15) is 11.6 Å². The third-order valence-electron chi connectivity index (χ3n) is 5.43. The molecule has 0 spiro atoms. The highest BCUT2D eigenvalue weighted by Crippen LogP contribution is 2.48. The van der Waals surface area contributed by atoms with E-state index in [2.05, 4.69) is 49.6 Å². The number of carboxylic acid groups (broad SMARTS) is 1. The van der Waals surface area contributed by atoms with Gasteiger partial charge in [0.15, 0.2) is 0 Å². The van der Waals surface area contributed by atoms with E-state index in [1.165, 1.54) is 35.5 Å². The quantitative estimate of drug-likeness (QED) is 0.239. The number of allylic oxidation sites excluding steroid dienone is 1. The van der Waals surface area contributed by atoms with Crippen LogP contribution in [0.2, 0.25) is 0 Å². The first-order valence-electron chi connectivity index (χ1n) is 9.71. The lowest BCUT2D eigenvalue weighted by Crippen LogP contribution is -2.00. The van der Waals surface area contributed by atoms with Gasteiger partial charge < -0.3 is 5.11 Å². The van der Waals surface area contributed by atoms with Gasteiger partial charge in [0.05, 0.1) is 0 Å². The smallest absolute Gasteiger partial charge is 0.346 e. The Morgan fingerprint density at radius 2 is 1.61 bits per heavy atom. The molecule has 7 heteroatoms. The van der Waals surface area contributed by atoms with Crippen LogP contribution in [-0.2, 0) is 11.2 Å². The second-order valence-electron chi connectivity index (χ2n) is 7.45. The molecule has 3 nitrogen and oxygen atoms in total. The van der Waals surface area contributed by atoms with E-state index in [0.29, 0.717) is 12.0 Å². The van der Waals surface area contributed by atoms with Gasteiger partial charge in [0.2, 0.25) is 0 Å². The summed E-state index contributed by atoms with van der Waals surface area (Å²) in [5.41, 5.74) is 4.29. The summed E-state index contributed by atoms with van der Waals surface area (Å²) in [6.07, 6.45) is 1.43. The van der Waals surface area contributed by atoms with Crippen molar-refractivity contribution in [3.05, 3.63) is 62.9 Å². The Morgan fingerprint density at radius 3 is 2.29 bits per heavy atom. The Bertz CT molecular complexity index is 1400. The number of carbonyl (C=O) groups is 1. The van der Waals surface area contributed by atoms with E-state index in [9.17, 15) is 15.2 Å². The van der Waals surface area contributed by atoms with Crippen LogP contribution >= 0.6 is 45.3 Å². The topological polar surface area (TPSA) is 61.1 Å². The van der Waals surface area contributed by atoms with Gasteiger partial charge >= 0.3 is 5.97 Å². The number of nitriles is 1. The van der Waals surface area contributed by atoms with Gasteiger partial charge in [-0.25, -0.2) is 4.79 Å². The van der Waals surface area contributed by atoms with Crippen LogP contribution in [0.3, 0.4) is 0 Å². The molecule has 4 aromatic rings. The van der Waals surface area contributed by atoms with Crippen LogP contribution in [0.4, 0.5) is 0 Å². The summed E-state index contributed by atoms with van der Waals surface area (Å²) < 4.78 is 0. The zero-order chi connectivity index (χ0) is 21.7. The van der Waals surface area contributed by atoms with E-state index < -0.39 is 5.97 Å². The molecule has 0 atom stereocenters. The van der Waals surface area contributed by atoms with Crippen LogP contribution < -0.4 is 0 Å². The van der Waals surface area contributed by atoms with Crippen LogP contribution in [0.1, 0.15) is 28.0 Å². The van der Waals surface area contributed by atoms with Crippen molar-refractivity contribution < 1.29 is 9.90 Å². The minimum absolute atomic E-state index is 0.120. The van der Waals surface area contributed by atoms with Gasteiger partial charge in [-0.2, -0.15) is 5.26 Å². The highest BCUT2D eigenvalue weighted by atomic mass is 32.1. The highest BCUT2D eigenvalue weighted by molar-refractivity contribution is 7.28. The van der Waals surface area contributed by atoms with Gasteiger partial charge in [-0.1, -0.05) is 0 Å². The monoisotopic (exact) mass is 479 g/mol. The van der Waals surface area contributed by atoms with E-state index in [1.54, 1.807) is 34.0 Å². The molecule has 1 aliphatic rings. The maximum absolute atomic E-state index is 11.4. The molecule has 4 aromatic heterocycles. The molecule has 154 valence electrons. The van der Waals surface area contributed by atoms with Gasteiger partial charge in [0.25, 0.3) is 0 Å². The van der Waals surface area contributed by atoms with Crippen LogP contribution in [0, 0.1) is 25.2 Å². The highest BCUT2D eigenvalue weighted by Gasteiger charge is 2.27. The maximum atomic E-state index is 11.4. The summed E-state index contributed by atoms with van der Waals surface area (Å²) in [7, 11) is 0. The van der Waals surface area contributed by atoms with E-state index in [-0.39, 0.29) is 5.57 Å². The lowest BCUT2D eigenvalue weighted by Gasteiger charge is -1.99. The number of fused-ring (bicyclic) bond motifs is 1. The first-order chi connectivity index (χ1) is 15.0. The average Bonchev–Trinajstić information content (AvgIpc) is 3.50. The maximum Gasteiger partial charge on any atom is 0.346 e. The summed E-state index contributed by atoms with van der Waals surface area (Å²) >= 11 is 7.01. The fourth-order valence-electron chi connectivity index (χ4n) is 3.90. The average molecular weight is 480 g/mol. The number of thiophene rings is 4. The fourth-order valence-corrected chi connectivity index (χ4v) is 8.74. The number of aliphatic carboxylic acids is 1. The number of hydrogen-bond acceptors (Lipinski definition) is 6. The molecule has 1 aliphatic carbocycles. The van der Waals surface area contributed by atoms with Crippen LogP contribution in [-0.4, -0.2) is 11.1 Å². The summed E-state index contributed by atoms with van der Waals surface area (Å²) in [6, 6.07) is 12.9. The van der Waals surface area contributed by atoms with Gasteiger partial charge in [0, 0.05) is 34.1 Å². The van der Waals surface area contributed by atoms with Crippen LogP contribution in [0.5, 0.6) is 0 Å². The van der Waals surface area contributed by atoms with Crippen LogP contribution in [0.15, 0.2) is 41.3 Å². The number of aryl methyl sites for hydroxylation is 3. The Kier molecular flexibility index (Phi) is 5.19. The molecule has 5 rings (SSSR count). The molecule has 0 fully saturated rings. The number of nitrogens with zero attached hydrogens (tertiary/aromatic N) is 1. The van der Waals surface area contributed by atoms with Crippen molar-refractivity contribution in [3.8, 4) is 35.3 Å².